The van der Waals surface area contributed by atoms with Crippen LogP contribution in [-0.2, 0) is 16.1 Å². The lowest BCUT2D eigenvalue weighted by Gasteiger charge is -2.07. The molecule has 1 rings (SSSR count). The van der Waals surface area contributed by atoms with Crippen LogP contribution in [0.5, 0.6) is 5.88 Å². The molecule has 0 atom stereocenters. The van der Waals surface area contributed by atoms with E-state index in [1.807, 2.05) is 0 Å². The first-order chi connectivity index (χ1) is 8.77. The predicted molar refractivity (Wildman–Crippen MR) is 68.0 cm³/mol. The smallest absolute Gasteiger partial charge is 0.213 e. The number of rotatable bonds is 9. The zero-order chi connectivity index (χ0) is 13.2. The number of pyridine rings is 1. The van der Waals surface area contributed by atoms with Crippen LogP contribution in [0.15, 0.2) is 12.1 Å². The minimum absolute atomic E-state index is 0.198. The number of aliphatic hydroxyl groups excluding tert-OH is 1. The lowest BCUT2D eigenvalue weighted by molar-refractivity contribution is 0.0642. The van der Waals surface area contributed by atoms with Gasteiger partial charge >= 0.3 is 0 Å². The molecular weight excluding hydrogens is 258 g/mol. The maximum absolute atomic E-state index is 9.00. The van der Waals surface area contributed by atoms with Crippen LogP contribution in [-0.4, -0.2) is 43.6 Å². The van der Waals surface area contributed by atoms with Crippen LogP contribution < -0.4 is 4.74 Å². The van der Waals surface area contributed by atoms with Crippen LogP contribution in [0.1, 0.15) is 12.1 Å². The molecule has 0 aliphatic heterocycles. The van der Waals surface area contributed by atoms with Crippen molar-refractivity contribution in [3.8, 4) is 5.88 Å². The van der Waals surface area contributed by atoms with E-state index in [-0.39, 0.29) is 6.61 Å². The van der Waals surface area contributed by atoms with Gasteiger partial charge in [-0.3, -0.25) is 0 Å². The Labute approximate surface area is 112 Å². The topological polar surface area (TPSA) is 60.8 Å². The van der Waals surface area contributed by atoms with Crippen molar-refractivity contribution in [2.24, 2.45) is 0 Å². The number of hydrogen-bond donors (Lipinski definition) is 1. The second kappa shape index (κ2) is 9.10. The number of hydrogen-bond acceptors (Lipinski definition) is 5. The van der Waals surface area contributed by atoms with Crippen LogP contribution in [0.3, 0.4) is 0 Å². The van der Waals surface area contributed by atoms with Crippen molar-refractivity contribution in [2.45, 2.75) is 13.0 Å². The van der Waals surface area contributed by atoms with Gasteiger partial charge in [0.05, 0.1) is 37.1 Å². The summed E-state index contributed by atoms with van der Waals surface area (Å²) in [6.45, 7) is 2.11. The van der Waals surface area contributed by atoms with E-state index in [2.05, 4.69) is 4.98 Å². The van der Waals surface area contributed by atoms with Crippen molar-refractivity contribution in [2.75, 3.05) is 33.5 Å². The molecule has 0 unspecified atom stereocenters. The van der Waals surface area contributed by atoms with Crippen LogP contribution >= 0.6 is 11.6 Å². The molecule has 1 aromatic rings. The fourth-order valence-electron chi connectivity index (χ4n) is 1.24. The van der Waals surface area contributed by atoms with Crippen molar-refractivity contribution in [1.29, 1.82) is 0 Å². The Bertz CT molecular complexity index is 349. The highest BCUT2D eigenvalue weighted by molar-refractivity contribution is 6.31. The third kappa shape index (κ3) is 5.64. The summed E-state index contributed by atoms with van der Waals surface area (Å²) in [5.74, 6) is 0.459. The van der Waals surface area contributed by atoms with E-state index in [0.29, 0.717) is 43.0 Å². The quantitative estimate of drug-likeness (QED) is 0.695. The highest BCUT2D eigenvalue weighted by atomic mass is 35.5. The molecule has 5 nitrogen and oxygen atoms in total. The van der Waals surface area contributed by atoms with Crippen molar-refractivity contribution >= 4 is 11.6 Å². The van der Waals surface area contributed by atoms with Gasteiger partial charge in [-0.25, -0.2) is 4.98 Å². The number of nitrogens with zero attached hydrogens (tertiary/aromatic N) is 1. The summed E-state index contributed by atoms with van der Waals surface area (Å²) < 4.78 is 15.6. The molecule has 18 heavy (non-hydrogen) atoms. The maximum Gasteiger partial charge on any atom is 0.213 e. The minimum atomic E-state index is -0.198. The van der Waals surface area contributed by atoms with Gasteiger partial charge in [0.25, 0.3) is 0 Å². The first kappa shape index (κ1) is 15.2. The lowest BCUT2D eigenvalue weighted by atomic mass is 10.3. The molecule has 0 saturated heterocycles. The average molecular weight is 276 g/mol. The molecule has 1 N–H and O–H groups in total. The number of methoxy groups -OCH3 is 1. The van der Waals surface area contributed by atoms with Crippen LogP contribution in [0.2, 0.25) is 5.02 Å². The highest BCUT2D eigenvalue weighted by Gasteiger charge is 2.03. The molecule has 0 aliphatic rings. The molecule has 0 aliphatic carbocycles. The van der Waals surface area contributed by atoms with E-state index >= 15 is 0 Å². The van der Waals surface area contributed by atoms with E-state index < -0.39 is 0 Å². The molecule has 0 fully saturated rings. The Morgan fingerprint density at radius 1 is 1.22 bits per heavy atom. The van der Waals surface area contributed by atoms with Gasteiger partial charge in [-0.1, -0.05) is 11.6 Å². The average Bonchev–Trinajstić information content (AvgIpc) is 2.39. The molecule has 1 heterocycles. The van der Waals surface area contributed by atoms with E-state index in [0.717, 1.165) is 6.42 Å². The van der Waals surface area contributed by atoms with Gasteiger partial charge in [-0.05, 0) is 6.07 Å². The molecule has 0 aromatic carbocycles. The molecule has 6 heteroatoms. The Morgan fingerprint density at radius 2 is 2.06 bits per heavy atom. The highest BCUT2D eigenvalue weighted by Crippen LogP contribution is 2.17. The van der Waals surface area contributed by atoms with Crippen molar-refractivity contribution in [3.05, 3.63) is 22.8 Å². The van der Waals surface area contributed by atoms with Crippen molar-refractivity contribution in [3.63, 3.8) is 0 Å². The number of halogens is 1. The Morgan fingerprint density at radius 3 is 2.78 bits per heavy atom. The van der Waals surface area contributed by atoms with E-state index in [1.54, 1.807) is 19.2 Å². The van der Waals surface area contributed by atoms with Gasteiger partial charge in [0.15, 0.2) is 0 Å². The summed E-state index contributed by atoms with van der Waals surface area (Å²) in [7, 11) is 1.64. The molecule has 0 radical (unpaired) electrons. The Balaban J connectivity index is 2.19. The molecule has 1 aromatic heterocycles. The van der Waals surface area contributed by atoms with Crippen LogP contribution in [0.4, 0.5) is 0 Å². The minimum Gasteiger partial charge on any atom is -0.478 e. The summed E-state index contributed by atoms with van der Waals surface area (Å²) in [6, 6.07) is 3.33. The van der Waals surface area contributed by atoms with Crippen molar-refractivity contribution < 1.29 is 19.3 Å². The Hall–Kier alpha value is -0.880. The number of ether oxygens (including phenoxy) is 3. The van der Waals surface area contributed by atoms with Gasteiger partial charge < -0.3 is 19.3 Å². The largest absolute Gasteiger partial charge is 0.478 e. The Kier molecular flexibility index (Phi) is 7.68. The zero-order valence-corrected chi connectivity index (χ0v) is 11.2. The molecular formula is C12H18ClNO4. The lowest BCUT2D eigenvalue weighted by Crippen LogP contribution is -2.07. The fraction of sp³-hybridized carbons (Fsp3) is 0.583. The van der Waals surface area contributed by atoms with Gasteiger partial charge in [-0.15, -0.1) is 0 Å². The molecule has 0 bridgehead atoms. The summed E-state index contributed by atoms with van der Waals surface area (Å²) in [4.78, 5) is 4.07. The first-order valence-electron chi connectivity index (χ1n) is 5.73. The summed E-state index contributed by atoms with van der Waals surface area (Å²) in [5.41, 5.74) is 0.422. The fourth-order valence-corrected chi connectivity index (χ4v) is 1.40. The summed E-state index contributed by atoms with van der Waals surface area (Å²) >= 11 is 5.82. The van der Waals surface area contributed by atoms with Crippen LogP contribution in [0.25, 0.3) is 0 Å². The predicted octanol–water partition coefficient (Wildman–Crippen LogP) is 1.66. The van der Waals surface area contributed by atoms with Gasteiger partial charge in [0, 0.05) is 26.2 Å². The van der Waals surface area contributed by atoms with E-state index in [4.69, 9.17) is 30.9 Å². The van der Waals surface area contributed by atoms with Gasteiger partial charge in [0.2, 0.25) is 5.88 Å². The second-order valence-electron chi connectivity index (χ2n) is 3.54. The molecule has 0 spiro atoms. The van der Waals surface area contributed by atoms with E-state index in [1.165, 1.54) is 0 Å². The van der Waals surface area contributed by atoms with Crippen molar-refractivity contribution in [1.82, 2.24) is 4.98 Å². The maximum atomic E-state index is 9.00. The summed E-state index contributed by atoms with van der Waals surface area (Å²) in [6.07, 6.45) is 0.766. The van der Waals surface area contributed by atoms with E-state index in [9.17, 15) is 0 Å². The standard InChI is InChI=1S/C12H18ClNO4/c1-16-7-8-17-5-2-6-18-12-4-3-10(13)11(9-15)14-12/h3-4,15H,2,5-9H2,1H3. The van der Waals surface area contributed by atoms with Gasteiger partial charge in [-0.2, -0.15) is 0 Å². The second-order valence-corrected chi connectivity index (χ2v) is 3.95. The van der Waals surface area contributed by atoms with Gasteiger partial charge in [0.1, 0.15) is 0 Å². The third-order valence-corrected chi connectivity index (χ3v) is 2.50. The number of aromatic nitrogens is 1. The molecule has 102 valence electrons. The zero-order valence-electron chi connectivity index (χ0n) is 10.4. The number of aliphatic hydroxyl groups is 1. The molecule has 0 amide bonds. The normalized spacial score (nSPS) is 10.6. The summed E-state index contributed by atoms with van der Waals surface area (Å²) in [5, 5.41) is 9.44. The SMILES string of the molecule is COCCOCCCOc1ccc(Cl)c(CO)n1. The monoisotopic (exact) mass is 275 g/mol. The first-order valence-corrected chi connectivity index (χ1v) is 6.11. The molecule has 0 saturated carbocycles. The third-order valence-electron chi connectivity index (χ3n) is 2.16. The van der Waals surface area contributed by atoms with Crippen LogP contribution in [0, 0.1) is 0 Å².